The summed E-state index contributed by atoms with van der Waals surface area (Å²) in [5, 5.41) is 4.82. The number of thiophene rings is 1. The minimum Gasteiger partial charge on any atom is -0.456 e. The average Bonchev–Trinajstić information content (AvgIpc) is 3.78. The molecule has 0 aliphatic rings. The molecule has 0 spiro atoms. The molecule has 51 heavy (non-hydrogen) atoms. The summed E-state index contributed by atoms with van der Waals surface area (Å²) in [6, 6.07) is 67.5. The van der Waals surface area contributed by atoms with Gasteiger partial charge in [-0.3, -0.25) is 0 Å². The van der Waals surface area contributed by atoms with Crippen molar-refractivity contribution in [3.05, 3.63) is 188 Å². The van der Waals surface area contributed by atoms with Crippen LogP contribution in [-0.2, 0) is 0 Å². The van der Waals surface area contributed by atoms with E-state index in [2.05, 4.69) is 187 Å². The monoisotopic (exact) mass is 669 g/mol. The summed E-state index contributed by atoms with van der Waals surface area (Å²) in [7, 11) is 0. The number of hydrogen-bond acceptors (Lipinski definition) is 3. The molecule has 0 unspecified atom stereocenters. The van der Waals surface area contributed by atoms with Gasteiger partial charge in [-0.05, 0) is 88.5 Å². The molecule has 2 heterocycles. The zero-order valence-electron chi connectivity index (χ0n) is 27.7. The number of para-hydroxylation sites is 1. The summed E-state index contributed by atoms with van der Waals surface area (Å²) in [6.07, 6.45) is 0. The zero-order chi connectivity index (χ0) is 33.7. The van der Waals surface area contributed by atoms with E-state index < -0.39 is 0 Å². The quantitative estimate of drug-likeness (QED) is 0.175. The molecular formula is C48H31NOS. The summed E-state index contributed by atoms with van der Waals surface area (Å²) in [4.78, 5) is 2.40. The number of benzene rings is 8. The summed E-state index contributed by atoms with van der Waals surface area (Å²) < 4.78 is 9.06. The molecule has 0 fully saturated rings. The number of anilines is 3. The minimum absolute atomic E-state index is 0.869. The van der Waals surface area contributed by atoms with Crippen molar-refractivity contribution in [3.8, 4) is 33.4 Å². The molecule has 240 valence electrons. The summed E-state index contributed by atoms with van der Waals surface area (Å²) in [5.41, 5.74) is 12.1. The molecule has 2 aromatic heterocycles. The number of rotatable bonds is 6. The van der Waals surface area contributed by atoms with Gasteiger partial charge in [0.25, 0.3) is 0 Å². The van der Waals surface area contributed by atoms with Gasteiger partial charge < -0.3 is 9.32 Å². The van der Waals surface area contributed by atoms with Crippen LogP contribution in [0.1, 0.15) is 0 Å². The Morgan fingerprint density at radius 2 is 0.980 bits per heavy atom. The van der Waals surface area contributed by atoms with Crippen LogP contribution < -0.4 is 4.90 Å². The maximum absolute atomic E-state index is 6.42. The highest BCUT2D eigenvalue weighted by Crippen LogP contribution is 2.47. The van der Waals surface area contributed by atoms with E-state index in [4.69, 9.17) is 4.42 Å². The number of hydrogen-bond donors (Lipinski definition) is 0. The smallest absolute Gasteiger partial charge is 0.137 e. The second kappa shape index (κ2) is 12.2. The van der Waals surface area contributed by atoms with Gasteiger partial charge in [0.05, 0.1) is 16.8 Å². The molecule has 0 radical (unpaired) electrons. The van der Waals surface area contributed by atoms with Crippen LogP contribution in [0.25, 0.3) is 75.5 Å². The molecule has 8 aromatic carbocycles. The molecule has 0 amide bonds. The van der Waals surface area contributed by atoms with Crippen LogP contribution in [0.15, 0.2) is 192 Å². The maximum atomic E-state index is 6.42. The molecule has 0 N–H and O–H groups in total. The van der Waals surface area contributed by atoms with Crippen LogP contribution in [-0.4, -0.2) is 0 Å². The third-order valence-corrected chi connectivity index (χ3v) is 11.0. The first-order valence-electron chi connectivity index (χ1n) is 17.3. The fraction of sp³-hybridized carbons (Fsp3) is 0. The Labute approximate surface area is 300 Å². The number of nitrogens with zero attached hydrogens (tertiary/aromatic N) is 1. The van der Waals surface area contributed by atoms with Crippen LogP contribution in [0.5, 0.6) is 0 Å². The van der Waals surface area contributed by atoms with Gasteiger partial charge in [-0.15, -0.1) is 11.3 Å². The molecule has 10 aromatic rings. The first kappa shape index (κ1) is 29.5. The predicted octanol–water partition coefficient (Wildman–Crippen LogP) is 14.4. The Kier molecular flexibility index (Phi) is 7.04. The standard InChI is InChI=1S/C48H31NOS/c1-3-12-32(13-4-1)35-24-28-42(40(30-35)34-14-5-2-6-15-34)49(43-18-11-20-45-48(43)39-17-7-9-19-44(39)50-45)37-26-22-33(23-27-37)36-25-29-47-41(31-36)38-16-8-10-21-46(38)51-47/h1-31H. The van der Waals surface area contributed by atoms with Crippen molar-refractivity contribution in [2.24, 2.45) is 0 Å². The second-order valence-electron chi connectivity index (χ2n) is 12.9. The Balaban J connectivity index is 1.18. The second-order valence-corrected chi connectivity index (χ2v) is 14.0. The van der Waals surface area contributed by atoms with Crippen LogP contribution in [0, 0.1) is 0 Å². The van der Waals surface area contributed by atoms with Crippen molar-refractivity contribution in [2.75, 3.05) is 4.90 Å². The molecule has 2 nitrogen and oxygen atoms in total. The van der Waals surface area contributed by atoms with Crippen molar-refractivity contribution in [1.82, 2.24) is 0 Å². The fourth-order valence-corrected chi connectivity index (χ4v) is 8.54. The Morgan fingerprint density at radius 3 is 1.80 bits per heavy atom. The summed E-state index contributed by atoms with van der Waals surface area (Å²) >= 11 is 1.85. The van der Waals surface area contributed by atoms with Crippen LogP contribution in [0.2, 0.25) is 0 Å². The molecule has 0 aliphatic heterocycles. The molecule has 0 bridgehead atoms. The Morgan fingerprint density at radius 1 is 0.373 bits per heavy atom. The van der Waals surface area contributed by atoms with Crippen molar-refractivity contribution in [1.29, 1.82) is 0 Å². The lowest BCUT2D eigenvalue weighted by Gasteiger charge is -2.29. The lowest BCUT2D eigenvalue weighted by Crippen LogP contribution is -2.11. The van der Waals surface area contributed by atoms with Crippen molar-refractivity contribution in [2.45, 2.75) is 0 Å². The molecular weight excluding hydrogens is 639 g/mol. The first-order valence-corrected chi connectivity index (χ1v) is 18.1. The van der Waals surface area contributed by atoms with Gasteiger partial charge in [-0.1, -0.05) is 127 Å². The van der Waals surface area contributed by atoms with E-state index in [1.807, 2.05) is 17.4 Å². The number of furan rings is 1. The van der Waals surface area contributed by atoms with Gasteiger partial charge in [0.2, 0.25) is 0 Å². The third kappa shape index (κ3) is 5.10. The van der Waals surface area contributed by atoms with Gasteiger partial charge in [0.1, 0.15) is 11.2 Å². The summed E-state index contributed by atoms with van der Waals surface area (Å²) in [6.45, 7) is 0. The minimum atomic E-state index is 0.869. The number of fused-ring (bicyclic) bond motifs is 6. The molecule has 0 atom stereocenters. The molecule has 10 rings (SSSR count). The van der Waals surface area contributed by atoms with Gasteiger partial charge >= 0.3 is 0 Å². The van der Waals surface area contributed by atoms with E-state index in [0.717, 1.165) is 50.1 Å². The average molecular weight is 670 g/mol. The summed E-state index contributed by atoms with van der Waals surface area (Å²) in [5.74, 6) is 0. The van der Waals surface area contributed by atoms with Crippen LogP contribution >= 0.6 is 11.3 Å². The molecule has 0 saturated carbocycles. The van der Waals surface area contributed by atoms with Crippen LogP contribution in [0.4, 0.5) is 17.1 Å². The predicted molar refractivity (Wildman–Crippen MR) is 218 cm³/mol. The van der Waals surface area contributed by atoms with Gasteiger partial charge in [-0.2, -0.15) is 0 Å². The maximum Gasteiger partial charge on any atom is 0.137 e. The fourth-order valence-electron chi connectivity index (χ4n) is 7.45. The van der Waals surface area contributed by atoms with Crippen molar-refractivity contribution in [3.63, 3.8) is 0 Å². The van der Waals surface area contributed by atoms with E-state index in [0.29, 0.717) is 0 Å². The van der Waals surface area contributed by atoms with Crippen LogP contribution in [0.3, 0.4) is 0 Å². The largest absolute Gasteiger partial charge is 0.456 e. The zero-order valence-corrected chi connectivity index (χ0v) is 28.5. The van der Waals surface area contributed by atoms with E-state index in [1.54, 1.807) is 0 Å². The Hall–Kier alpha value is -6.42. The SMILES string of the molecule is c1ccc(-c2ccc(N(c3ccc(-c4ccc5sc6ccccc6c5c4)cc3)c3cccc4oc5ccccc5c34)c(-c3ccccc3)c2)cc1. The molecule has 3 heteroatoms. The highest BCUT2D eigenvalue weighted by atomic mass is 32.1. The topological polar surface area (TPSA) is 16.4 Å². The third-order valence-electron chi connectivity index (χ3n) is 9.89. The van der Waals surface area contributed by atoms with Gasteiger partial charge in [0.15, 0.2) is 0 Å². The van der Waals surface area contributed by atoms with Gasteiger partial charge in [-0.25, -0.2) is 0 Å². The van der Waals surface area contributed by atoms with E-state index in [1.165, 1.54) is 42.4 Å². The molecule has 0 saturated heterocycles. The van der Waals surface area contributed by atoms with Crippen molar-refractivity contribution < 1.29 is 4.42 Å². The molecule has 0 aliphatic carbocycles. The Bertz CT molecular complexity index is 2850. The highest BCUT2D eigenvalue weighted by Gasteiger charge is 2.22. The lowest BCUT2D eigenvalue weighted by atomic mass is 9.95. The van der Waals surface area contributed by atoms with E-state index >= 15 is 0 Å². The van der Waals surface area contributed by atoms with E-state index in [9.17, 15) is 0 Å². The highest BCUT2D eigenvalue weighted by molar-refractivity contribution is 7.25. The van der Waals surface area contributed by atoms with E-state index in [-0.39, 0.29) is 0 Å². The lowest BCUT2D eigenvalue weighted by molar-refractivity contribution is 0.669. The van der Waals surface area contributed by atoms with Crippen molar-refractivity contribution >= 4 is 70.5 Å². The normalized spacial score (nSPS) is 11.5. The van der Waals surface area contributed by atoms with Gasteiger partial charge in [0, 0.05) is 36.8 Å². The first-order chi connectivity index (χ1) is 25.3.